The third-order valence-corrected chi connectivity index (χ3v) is 3.04. The van der Waals surface area contributed by atoms with Gasteiger partial charge in [-0.05, 0) is 50.7 Å². The Morgan fingerprint density at radius 3 is 2.50 bits per heavy atom. The first-order valence-corrected chi connectivity index (χ1v) is 6.59. The van der Waals surface area contributed by atoms with Gasteiger partial charge in [0, 0.05) is 17.9 Å². The number of aromatic nitrogens is 1. The van der Waals surface area contributed by atoms with E-state index in [2.05, 4.69) is 15.6 Å². The lowest BCUT2D eigenvalue weighted by molar-refractivity contribution is 0.102. The highest BCUT2D eigenvalue weighted by atomic mass is 35.5. The van der Waals surface area contributed by atoms with E-state index in [1.807, 2.05) is 57.3 Å². The van der Waals surface area contributed by atoms with Crippen molar-refractivity contribution in [2.24, 2.45) is 0 Å². The van der Waals surface area contributed by atoms with Gasteiger partial charge in [-0.25, -0.2) is 0 Å². The van der Waals surface area contributed by atoms with Crippen molar-refractivity contribution in [2.75, 3.05) is 12.4 Å². The van der Waals surface area contributed by atoms with Crippen molar-refractivity contribution >= 4 is 36.4 Å². The van der Waals surface area contributed by atoms with E-state index in [1.165, 1.54) is 0 Å². The van der Waals surface area contributed by atoms with E-state index in [0.717, 1.165) is 29.2 Å². The molecule has 0 aliphatic rings. The second-order valence-corrected chi connectivity index (χ2v) is 4.77. The summed E-state index contributed by atoms with van der Waals surface area (Å²) in [4.78, 5) is 16.6. The molecule has 0 atom stereocenters. The van der Waals surface area contributed by atoms with Crippen LogP contribution in [-0.4, -0.2) is 17.9 Å². The summed E-state index contributed by atoms with van der Waals surface area (Å²) < 4.78 is 0. The number of nitrogens with one attached hydrogen (secondary N) is 2. The van der Waals surface area contributed by atoms with E-state index in [-0.39, 0.29) is 30.7 Å². The average molecular weight is 342 g/mol. The molecule has 0 saturated heterocycles. The maximum Gasteiger partial charge on any atom is 0.257 e. The summed E-state index contributed by atoms with van der Waals surface area (Å²) in [5.74, 6) is -0.128. The number of aryl methyl sites for hydroxylation is 2. The molecule has 22 heavy (non-hydrogen) atoms. The molecule has 120 valence electrons. The minimum atomic E-state index is -0.128. The molecule has 0 unspecified atom stereocenters. The van der Waals surface area contributed by atoms with Crippen LogP contribution in [-0.2, 0) is 6.54 Å². The minimum absolute atomic E-state index is 0. The highest BCUT2D eigenvalue weighted by molar-refractivity contribution is 6.05. The van der Waals surface area contributed by atoms with Crippen LogP contribution in [0.1, 0.15) is 27.3 Å². The van der Waals surface area contributed by atoms with Crippen molar-refractivity contribution in [3.63, 3.8) is 0 Å². The quantitative estimate of drug-likeness (QED) is 0.894. The molecular formula is C16H21Cl2N3O. The normalized spacial score (nSPS) is 9.41. The van der Waals surface area contributed by atoms with Gasteiger partial charge in [-0.1, -0.05) is 12.1 Å². The van der Waals surface area contributed by atoms with Crippen LogP contribution in [0.25, 0.3) is 0 Å². The summed E-state index contributed by atoms with van der Waals surface area (Å²) in [6.45, 7) is 4.53. The number of carbonyl (C=O) groups excluding carboxylic acids is 1. The molecule has 0 spiro atoms. The Hall–Kier alpha value is -1.62. The molecule has 0 saturated carbocycles. The smallest absolute Gasteiger partial charge is 0.257 e. The number of carbonyl (C=O) groups is 1. The summed E-state index contributed by atoms with van der Waals surface area (Å²) in [6.07, 6.45) is 0. The Morgan fingerprint density at radius 2 is 1.86 bits per heavy atom. The second kappa shape index (κ2) is 9.41. The summed E-state index contributed by atoms with van der Waals surface area (Å²) >= 11 is 0. The lowest BCUT2D eigenvalue weighted by Gasteiger charge is -2.09. The van der Waals surface area contributed by atoms with Gasteiger partial charge < -0.3 is 10.6 Å². The van der Waals surface area contributed by atoms with Crippen LogP contribution in [0.2, 0.25) is 0 Å². The zero-order chi connectivity index (χ0) is 14.5. The minimum Gasteiger partial charge on any atom is -0.322 e. The van der Waals surface area contributed by atoms with Crippen LogP contribution in [0, 0.1) is 13.8 Å². The largest absolute Gasteiger partial charge is 0.322 e. The van der Waals surface area contributed by atoms with Crippen molar-refractivity contribution in [1.82, 2.24) is 10.3 Å². The van der Waals surface area contributed by atoms with Gasteiger partial charge in [0.2, 0.25) is 0 Å². The molecular weight excluding hydrogens is 321 g/mol. The van der Waals surface area contributed by atoms with Crippen LogP contribution in [0.3, 0.4) is 0 Å². The highest BCUT2D eigenvalue weighted by Crippen LogP contribution is 2.14. The van der Waals surface area contributed by atoms with Crippen molar-refractivity contribution in [1.29, 1.82) is 0 Å². The molecule has 1 amide bonds. The van der Waals surface area contributed by atoms with Crippen LogP contribution in [0.15, 0.2) is 36.4 Å². The number of pyridine rings is 1. The predicted octanol–water partition coefficient (Wildman–Crippen LogP) is 3.51. The molecule has 0 fully saturated rings. The Kier molecular flexibility index (Phi) is 8.72. The first-order valence-electron chi connectivity index (χ1n) is 6.59. The topological polar surface area (TPSA) is 54.0 Å². The van der Waals surface area contributed by atoms with E-state index >= 15 is 0 Å². The number of anilines is 1. The van der Waals surface area contributed by atoms with Crippen LogP contribution >= 0.6 is 24.8 Å². The lowest BCUT2D eigenvalue weighted by Crippen LogP contribution is -2.14. The number of nitrogens with zero attached hydrogens (tertiary/aromatic N) is 1. The van der Waals surface area contributed by atoms with Crippen molar-refractivity contribution in [3.05, 3.63) is 58.9 Å². The number of benzene rings is 1. The van der Waals surface area contributed by atoms with E-state index in [9.17, 15) is 4.79 Å². The van der Waals surface area contributed by atoms with E-state index in [0.29, 0.717) is 5.56 Å². The van der Waals surface area contributed by atoms with Crippen LogP contribution < -0.4 is 10.6 Å². The van der Waals surface area contributed by atoms with E-state index in [4.69, 9.17) is 0 Å². The first-order chi connectivity index (χ1) is 9.60. The molecule has 1 aromatic heterocycles. The average Bonchev–Trinajstić information content (AvgIpc) is 2.39. The molecule has 0 aliphatic heterocycles. The predicted molar refractivity (Wildman–Crippen MR) is 95.4 cm³/mol. The molecule has 0 radical (unpaired) electrons. The molecule has 2 aromatic rings. The molecule has 0 aliphatic carbocycles. The molecule has 0 bridgehead atoms. The fraction of sp³-hybridized carbons (Fsp3) is 0.250. The van der Waals surface area contributed by atoms with Crippen molar-refractivity contribution in [2.45, 2.75) is 20.4 Å². The fourth-order valence-corrected chi connectivity index (χ4v) is 2.09. The third kappa shape index (κ3) is 5.30. The molecule has 1 heterocycles. The fourth-order valence-electron chi connectivity index (χ4n) is 2.09. The monoisotopic (exact) mass is 341 g/mol. The maximum atomic E-state index is 12.2. The maximum absolute atomic E-state index is 12.2. The van der Waals surface area contributed by atoms with Gasteiger partial charge in [-0.2, -0.15) is 0 Å². The lowest BCUT2D eigenvalue weighted by atomic mass is 10.1. The van der Waals surface area contributed by atoms with Gasteiger partial charge in [0.15, 0.2) is 0 Å². The number of hydrogen-bond donors (Lipinski definition) is 2. The number of rotatable bonds is 4. The summed E-state index contributed by atoms with van der Waals surface area (Å²) in [5, 5.41) is 6.00. The number of hydrogen-bond acceptors (Lipinski definition) is 3. The first kappa shape index (κ1) is 20.4. The Morgan fingerprint density at radius 1 is 1.14 bits per heavy atom. The summed E-state index contributed by atoms with van der Waals surface area (Å²) in [7, 11) is 1.90. The number of amides is 1. The van der Waals surface area contributed by atoms with Crippen molar-refractivity contribution in [3.8, 4) is 0 Å². The Labute approximate surface area is 143 Å². The van der Waals surface area contributed by atoms with Gasteiger partial charge in [0.05, 0.1) is 11.3 Å². The van der Waals surface area contributed by atoms with Gasteiger partial charge in [0.25, 0.3) is 5.91 Å². The molecule has 1 aromatic carbocycles. The second-order valence-electron chi connectivity index (χ2n) is 4.77. The molecule has 2 rings (SSSR count). The molecule has 6 heteroatoms. The zero-order valence-electron chi connectivity index (χ0n) is 12.8. The van der Waals surface area contributed by atoms with Gasteiger partial charge in [0.1, 0.15) is 0 Å². The third-order valence-electron chi connectivity index (χ3n) is 3.04. The molecule has 2 N–H and O–H groups in total. The standard InChI is InChI=1S/C16H19N3O.2ClH/c1-11-7-8-15(12(2)18-11)16(20)19-14-6-4-5-13(9-14)10-17-3;;/h4-9,17H,10H2,1-3H3,(H,19,20);2*1H. The van der Waals surface area contributed by atoms with Gasteiger partial charge >= 0.3 is 0 Å². The highest BCUT2D eigenvalue weighted by Gasteiger charge is 2.10. The Balaban J connectivity index is 0.00000220. The SMILES string of the molecule is CNCc1cccc(NC(=O)c2ccc(C)nc2C)c1.Cl.Cl. The van der Waals surface area contributed by atoms with Crippen LogP contribution in [0.4, 0.5) is 5.69 Å². The van der Waals surface area contributed by atoms with Crippen LogP contribution in [0.5, 0.6) is 0 Å². The summed E-state index contributed by atoms with van der Waals surface area (Å²) in [6, 6.07) is 11.5. The van der Waals surface area contributed by atoms with E-state index in [1.54, 1.807) is 0 Å². The Bertz CT molecular complexity index is 633. The van der Waals surface area contributed by atoms with E-state index < -0.39 is 0 Å². The zero-order valence-corrected chi connectivity index (χ0v) is 14.5. The molecule has 4 nitrogen and oxygen atoms in total. The van der Waals surface area contributed by atoms with Gasteiger partial charge in [-0.15, -0.1) is 24.8 Å². The number of halogens is 2. The van der Waals surface area contributed by atoms with Gasteiger partial charge in [-0.3, -0.25) is 9.78 Å². The summed E-state index contributed by atoms with van der Waals surface area (Å²) in [5.41, 5.74) is 4.19. The van der Waals surface area contributed by atoms with Crippen molar-refractivity contribution < 1.29 is 4.79 Å².